The quantitative estimate of drug-likeness (QED) is 0.734. The molecule has 2 amide bonds. The van der Waals surface area contributed by atoms with Gasteiger partial charge in [-0.2, -0.15) is 13.2 Å². The third-order valence-corrected chi connectivity index (χ3v) is 5.20. The maximum absolute atomic E-state index is 12.7. The maximum Gasteiger partial charge on any atom is 0.416 e. The number of nitrogens with one attached hydrogen (secondary N) is 2. The van der Waals surface area contributed by atoms with Crippen LogP contribution in [0.25, 0.3) is 0 Å². The maximum atomic E-state index is 12.7. The molecule has 31 heavy (non-hydrogen) atoms. The number of carbonyl (C=O) groups is 2. The molecule has 0 spiro atoms. The summed E-state index contributed by atoms with van der Waals surface area (Å²) in [4.78, 5) is 29.6. The molecule has 1 heterocycles. The number of likely N-dealkylation sites (N-methyl/N-ethyl adjacent to an activating group) is 1. The molecule has 2 aromatic carbocycles. The highest BCUT2D eigenvalue weighted by Gasteiger charge is 2.30. The van der Waals surface area contributed by atoms with E-state index in [2.05, 4.69) is 27.5 Å². The number of halogens is 3. The molecule has 1 aliphatic heterocycles. The van der Waals surface area contributed by atoms with E-state index in [1.54, 1.807) is 24.3 Å². The van der Waals surface area contributed by atoms with Crippen LogP contribution in [0.4, 0.5) is 18.9 Å². The summed E-state index contributed by atoms with van der Waals surface area (Å²) in [6, 6.07) is 10.4. The molecule has 0 unspecified atom stereocenters. The molecule has 6 nitrogen and oxygen atoms in total. The van der Waals surface area contributed by atoms with Crippen molar-refractivity contribution < 1.29 is 22.8 Å². The molecule has 9 heteroatoms. The number of nitrogens with zero attached hydrogens (tertiary/aromatic N) is 2. The van der Waals surface area contributed by atoms with Gasteiger partial charge in [0, 0.05) is 44.8 Å². The lowest BCUT2D eigenvalue weighted by molar-refractivity contribution is -0.137. The standard InChI is InChI=1S/C22H25F3N4O2/c1-28-12-14-29(15-13-28)11-10-26-21(31)18-4-2-3-5-19(18)27-20(30)16-6-8-17(9-7-16)22(23,24)25/h2-9H,10-15H2,1H3,(H,26,31)(H,27,30). The van der Waals surface area contributed by atoms with E-state index in [9.17, 15) is 22.8 Å². The van der Waals surface area contributed by atoms with Crippen molar-refractivity contribution in [3.8, 4) is 0 Å². The first-order chi connectivity index (χ1) is 14.7. The molecule has 2 aromatic rings. The molecular formula is C22H25F3N4O2. The fraction of sp³-hybridized carbons (Fsp3) is 0.364. The van der Waals surface area contributed by atoms with Crippen LogP contribution in [-0.2, 0) is 6.18 Å². The van der Waals surface area contributed by atoms with Crippen molar-refractivity contribution in [3.05, 3.63) is 65.2 Å². The zero-order chi connectivity index (χ0) is 22.4. The largest absolute Gasteiger partial charge is 0.416 e. The predicted molar refractivity (Wildman–Crippen MR) is 112 cm³/mol. The van der Waals surface area contributed by atoms with E-state index in [0.29, 0.717) is 17.8 Å². The number of anilines is 1. The highest BCUT2D eigenvalue weighted by atomic mass is 19.4. The molecule has 1 saturated heterocycles. The van der Waals surface area contributed by atoms with Crippen LogP contribution in [0.5, 0.6) is 0 Å². The Morgan fingerprint density at radius 3 is 2.23 bits per heavy atom. The SMILES string of the molecule is CN1CCN(CCNC(=O)c2ccccc2NC(=O)c2ccc(C(F)(F)F)cc2)CC1. The van der Waals surface area contributed by atoms with Crippen molar-refractivity contribution >= 4 is 17.5 Å². The van der Waals surface area contributed by atoms with E-state index < -0.39 is 17.6 Å². The van der Waals surface area contributed by atoms with Crippen LogP contribution in [0.15, 0.2) is 48.5 Å². The number of hydrogen-bond acceptors (Lipinski definition) is 4. The summed E-state index contributed by atoms with van der Waals surface area (Å²) in [5.41, 5.74) is -0.173. The Kier molecular flexibility index (Phi) is 7.29. The smallest absolute Gasteiger partial charge is 0.351 e. The van der Waals surface area contributed by atoms with Crippen molar-refractivity contribution in [2.75, 3.05) is 51.6 Å². The monoisotopic (exact) mass is 434 g/mol. The Morgan fingerprint density at radius 1 is 0.935 bits per heavy atom. The lowest BCUT2D eigenvalue weighted by Crippen LogP contribution is -2.46. The Labute approximate surface area is 179 Å². The van der Waals surface area contributed by atoms with E-state index >= 15 is 0 Å². The van der Waals surface area contributed by atoms with E-state index in [4.69, 9.17) is 0 Å². The molecule has 1 aliphatic rings. The highest BCUT2D eigenvalue weighted by Crippen LogP contribution is 2.29. The minimum absolute atomic E-state index is 0.0678. The second-order valence-electron chi connectivity index (χ2n) is 7.48. The summed E-state index contributed by atoms with van der Waals surface area (Å²) in [5.74, 6) is -0.913. The highest BCUT2D eigenvalue weighted by molar-refractivity contribution is 6.09. The molecule has 166 valence electrons. The number of carbonyl (C=O) groups excluding carboxylic acids is 2. The molecule has 0 radical (unpaired) electrons. The fourth-order valence-corrected chi connectivity index (χ4v) is 3.29. The first-order valence-corrected chi connectivity index (χ1v) is 10.0. The van der Waals surface area contributed by atoms with Gasteiger partial charge in [-0.15, -0.1) is 0 Å². The number of alkyl halides is 3. The van der Waals surface area contributed by atoms with E-state index in [1.165, 1.54) is 0 Å². The summed E-state index contributed by atoms with van der Waals surface area (Å²) in [5, 5.41) is 5.48. The molecule has 3 rings (SSSR count). The lowest BCUT2D eigenvalue weighted by atomic mass is 10.1. The van der Waals surface area contributed by atoms with Gasteiger partial charge < -0.3 is 15.5 Å². The first-order valence-electron chi connectivity index (χ1n) is 10.0. The fourth-order valence-electron chi connectivity index (χ4n) is 3.29. The van der Waals surface area contributed by atoms with E-state index in [1.807, 2.05) is 0 Å². The van der Waals surface area contributed by atoms with Gasteiger partial charge in [-0.05, 0) is 43.4 Å². The molecule has 2 N–H and O–H groups in total. The van der Waals surface area contributed by atoms with Gasteiger partial charge >= 0.3 is 6.18 Å². The van der Waals surface area contributed by atoms with Crippen LogP contribution >= 0.6 is 0 Å². The molecule has 0 bridgehead atoms. The molecule has 0 aliphatic carbocycles. The topological polar surface area (TPSA) is 64.7 Å². The summed E-state index contributed by atoms with van der Waals surface area (Å²) in [7, 11) is 2.08. The lowest BCUT2D eigenvalue weighted by Gasteiger charge is -2.32. The molecule has 0 aromatic heterocycles. The van der Waals surface area contributed by atoms with Crippen LogP contribution in [0.1, 0.15) is 26.3 Å². The summed E-state index contributed by atoms with van der Waals surface area (Å²) in [6.45, 7) is 5.10. The number of benzene rings is 2. The summed E-state index contributed by atoms with van der Waals surface area (Å²) < 4.78 is 38.1. The first kappa shape index (κ1) is 22.8. The van der Waals surface area contributed by atoms with Crippen molar-refractivity contribution in [1.29, 1.82) is 0 Å². The van der Waals surface area contributed by atoms with Crippen molar-refractivity contribution in [3.63, 3.8) is 0 Å². The van der Waals surface area contributed by atoms with Crippen LogP contribution in [0.2, 0.25) is 0 Å². The minimum Gasteiger partial charge on any atom is -0.351 e. The van der Waals surface area contributed by atoms with Crippen LogP contribution in [0, 0.1) is 0 Å². The summed E-state index contributed by atoms with van der Waals surface area (Å²) >= 11 is 0. The van der Waals surface area contributed by atoms with Gasteiger partial charge in [-0.3, -0.25) is 14.5 Å². The van der Waals surface area contributed by atoms with E-state index in [-0.39, 0.29) is 11.5 Å². The third kappa shape index (κ3) is 6.28. The van der Waals surface area contributed by atoms with Gasteiger partial charge in [-0.1, -0.05) is 12.1 Å². The Balaban J connectivity index is 1.59. The van der Waals surface area contributed by atoms with Crippen molar-refractivity contribution in [2.24, 2.45) is 0 Å². The third-order valence-electron chi connectivity index (χ3n) is 5.20. The number of para-hydroxylation sites is 1. The minimum atomic E-state index is -4.47. The summed E-state index contributed by atoms with van der Waals surface area (Å²) in [6.07, 6.45) is -4.47. The molecular weight excluding hydrogens is 409 g/mol. The van der Waals surface area contributed by atoms with Crippen LogP contribution in [-0.4, -0.2) is 67.9 Å². The van der Waals surface area contributed by atoms with Crippen molar-refractivity contribution in [2.45, 2.75) is 6.18 Å². The molecule has 0 saturated carbocycles. The van der Waals surface area contributed by atoms with Crippen LogP contribution < -0.4 is 10.6 Å². The zero-order valence-corrected chi connectivity index (χ0v) is 17.2. The number of amides is 2. The number of hydrogen-bond donors (Lipinski definition) is 2. The zero-order valence-electron chi connectivity index (χ0n) is 17.2. The van der Waals surface area contributed by atoms with Gasteiger partial charge in [0.05, 0.1) is 16.8 Å². The van der Waals surface area contributed by atoms with Gasteiger partial charge in [0.2, 0.25) is 0 Å². The van der Waals surface area contributed by atoms with Gasteiger partial charge in [0.1, 0.15) is 0 Å². The molecule has 1 fully saturated rings. The van der Waals surface area contributed by atoms with Gasteiger partial charge in [0.25, 0.3) is 11.8 Å². The number of piperazine rings is 1. The predicted octanol–water partition coefficient (Wildman–Crippen LogP) is 2.93. The normalized spacial score (nSPS) is 15.5. The number of rotatable bonds is 6. The Bertz CT molecular complexity index is 908. The van der Waals surface area contributed by atoms with Crippen molar-refractivity contribution in [1.82, 2.24) is 15.1 Å². The Hall–Kier alpha value is -2.91. The van der Waals surface area contributed by atoms with Gasteiger partial charge in [-0.25, -0.2) is 0 Å². The average molecular weight is 434 g/mol. The van der Waals surface area contributed by atoms with E-state index in [0.717, 1.165) is 57.0 Å². The molecule has 0 atom stereocenters. The average Bonchev–Trinajstić information content (AvgIpc) is 2.75. The Morgan fingerprint density at radius 2 is 1.58 bits per heavy atom. The second kappa shape index (κ2) is 9.93. The van der Waals surface area contributed by atoms with Gasteiger partial charge in [0.15, 0.2) is 0 Å². The second-order valence-corrected chi connectivity index (χ2v) is 7.48. The van der Waals surface area contributed by atoms with Crippen LogP contribution in [0.3, 0.4) is 0 Å².